The molecule has 0 spiro atoms. The lowest BCUT2D eigenvalue weighted by Gasteiger charge is -2.06. The maximum Gasteiger partial charge on any atom is 0.333 e. The second-order valence-electron chi connectivity index (χ2n) is 3.91. The molecule has 0 aromatic carbocycles. The molecular weight excluding hydrogens is 232 g/mol. The number of carbonyl (C=O) groups excluding carboxylic acids is 2. The maximum atomic E-state index is 11.0. The first kappa shape index (κ1) is 18.8. The van der Waals surface area contributed by atoms with E-state index in [1.165, 1.54) is 0 Å². The first-order valence-electron chi connectivity index (χ1n) is 6.03. The SMILES string of the molecule is C=C(CC)C(=O)OCC(C)C.C=CC(=O)OCC. The number of hydrogen-bond donors (Lipinski definition) is 0. The van der Waals surface area contributed by atoms with Gasteiger partial charge in [0.1, 0.15) is 0 Å². The molecule has 4 nitrogen and oxygen atoms in total. The van der Waals surface area contributed by atoms with Gasteiger partial charge in [0.2, 0.25) is 0 Å². The zero-order chi connectivity index (χ0) is 14.6. The molecule has 0 aromatic rings. The standard InChI is InChI=1S/C9H16O2.C5H8O2/c1-5-8(4)9(10)11-6-7(2)3;1-3-5(6)7-4-2/h7H,4-6H2,1-3H3;3H,1,4H2,2H3. The highest BCUT2D eigenvalue weighted by molar-refractivity contribution is 5.87. The van der Waals surface area contributed by atoms with E-state index in [1.54, 1.807) is 6.92 Å². The zero-order valence-corrected chi connectivity index (χ0v) is 11.8. The summed E-state index contributed by atoms with van der Waals surface area (Å²) < 4.78 is 9.35. The fourth-order valence-corrected chi connectivity index (χ4v) is 0.690. The van der Waals surface area contributed by atoms with Crippen LogP contribution < -0.4 is 0 Å². The summed E-state index contributed by atoms with van der Waals surface area (Å²) in [6, 6.07) is 0. The first-order valence-corrected chi connectivity index (χ1v) is 6.03. The predicted molar refractivity (Wildman–Crippen MR) is 72.1 cm³/mol. The number of hydrogen-bond acceptors (Lipinski definition) is 4. The van der Waals surface area contributed by atoms with Crippen molar-refractivity contribution in [2.45, 2.75) is 34.1 Å². The van der Waals surface area contributed by atoms with E-state index in [2.05, 4.69) is 17.9 Å². The van der Waals surface area contributed by atoms with E-state index >= 15 is 0 Å². The van der Waals surface area contributed by atoms with Crippen molar-refractivity contribution >= 4 is 11.9 Å². The Morgan fingerprint density at radius 2 is 1.78 bits per heavy atom. The minimum Gasteiger partial charge on any atom is -0.463 e. The Morgan fingerprint density at radius 3 is 2.06 bits per heavy atom. The molecule has 0 bridgehead atoms. The van der Waals surface area contributed by atoms with Crippen molar-refractivity contribution in [2.75, 3.05) is 13.2 Å². The van der Waals surface area contributed by atoms with Gasteiger partial charge in [-0.05, 0) is 19.3 Å². The van der Waals surface area contributed by atoms with Gasteiger partial charge in [-0.3, -0.25) is 0 Å². The van der Waals surface area contributed by atoms with Crippen molar-refractivity contribution in [1.29, 1.82) is 0 Å². The van der Waals surface area contributed by atoms with Crippen LogP contribution in [0, 0.1) is 5.92 Å². The highest BCUT2D eigenvalue weighted by Crippen LogP contribution is 2.01. The third kappa shape index (κ3) is 12.5. The van der Waals surface area contributed by atoms with Crippen LogP contribution >= 0.6 is 0 Å². The second-order valence-corrected chi connectivity index (χ2v) is 3.91. The van der Waals surface area contributed by atoms with E-state index < -0.39 is 0 Å². The lowest BCUT2D eigenvalue weighted by molar-refractivity contribution is -0.140. The van der Waals surface area contributed by atoms with E-state index in [-0.39, 0.29) is 11.9 Å². The average Bonchev–Trinajstić information content (AvgIpc) is 2.35. The molecule has 0 amide bonds. The molecule has 0 aliphatic rings. The van der Waals surface area contributed by atoms with Crippen molar-refractivity contribution in [1.82, 2.24) is 0 Å². The minimum atomic E-state index is -0.359. The Bertz CT molecular complexity index is 280. The van der Waals surface area contributed by atoms with Gasteiger partial charge >= 0.3 is 11.9 Å². The Balaban J connectivity index is 0. The van der Waals surface area contributed by atoms with Gasteiger partial charge in [0.25, 0.3) is 0 Å². The van der Waals surface area contributed by atoms with Gasteiger partial charge in [0, 0.05) is 11.6 Å². The van der Waals surface area contributed by atoms with Gasteiger partial charge in [0.15, 0.2) is 0 Å². The minimum absolute atomic E-state index is 0.263. The molecule has 0 aromatic heterocycles. The summed E-state index contributed by atoms with van der Waals surface area (Å²) in [6.07, 6.45) is 1.81. The smallest absolute Gasteiger partial charge is 0.333 e. The normalized spacial score (nSPS) is 8.94. The summed E-state index contributed by atoms with van der Waals surface area (Å²) in [5.41, 5.74) is 0.547. The van der Waals surface area contributed by atoms with Gasteiger partial charge in [-0.2, -0.15) is 0 Å². The van der Waals surface area contributed by atoms with Crippen molar-refractivity contribution < 1.29 is 19.1 Å². The molecule has 0 unspecified atom stereocenters. The van der Waals surface area contributed by atoms with E-state index in [0.717, 1.165) is 6.08 Å². The summed E-state index contributed by atoms with van der Waals surface area (Å²) >= 11 is 0. The van der Waals surface area contributed by atoms with Crippen LogP contribution in [0.4, 0.5) is 0 Å². The topological polar surface area (TPSA) is 52.6 Å². The molecule has 0 radical (unpaired) electrons. The molecule has 0 heterocycles. The van der Waals surface area contributed by atoms with Crippen LogP contribution in [-0.4, -0.2) is 25.2 Å². The Labute approximate surface area is 110 Å². The summed E-state index contributed by atoms with van der Waals surface area (Å²) in [5.74, 6) is -0.229. The Morgan fingerprint density at radius 1 is 1.22 bits per heavy atom. The second kappa shape index (κ2) is 11.9. The lowest BCUT2D eigenvalue weighted by Crippen LogP contribution is -2.10. The third-order valence-corrected chi connectivity index (χ3v) is 1.72. The molecule has 0 N–H and O–H groups in total. The number of esters is 2. The van der Waals surface area contributed by atoms with Crippen LogP contribution in [0.2, 0.25) is 0 Å². The quantitative estimate of drug-likeness (QED) is 0.541. The molecule has 0 rings (SSSR count). The predicted octanol–water partition coefficient (Wildman–Crippen LogP) is 2.89. The highest BCUT2D eigenvalue weighted by atomic mass is 16.5. The van der Waals surface area contributed by atoms with Crippen molar-refractivity contribution in [2.24, 2.45) is 5.92 Å². The summed E-state index contributed by atoms with van der Waals surface area (Å²) in [7, 11) is 0. The van der Waals surface area contributed by atoms with Crippen LogP contribution in [0.15, 0.2) is 24.8 Å². The molecule has 0 aliphatic carbocycles. The number of rotatable bonds is 6. The zero-order valence-electron chi connectivity index (χ0n) is 11.8. The average molecular weight is 256 g/mol. The number of ether oxygens (including phenoxy) is 2. The van der Waals surface area contributed by atoms with Gasteiger partial charge < -0.3 is 9.47 Å². The van der Waals surface area contributed by atoms with Crippen LogP contribution in [-0.2, 0) is 19.1 Å². The van der Waals surface area contributed by atoms with Gasteiger partial charge in [-0.25, -0.2) is 9.59 Å². The molecule has 4 heteroatoms. The summed E-state index contributed by atoms with van der Waals surface area (Å²) in [4.78, 5) is 21.0. The fraction of sp³-hybridized carbons (Fsp3) is 0.571. The Hall–Kier alpha value is -1.58. The van der Waals surface area contributed by atoms with Crippen LogP contribution in [0.1, 0.15) is 34.1 Å². The van der Waals surface area contributed by atoms with Crippen LogP contribution in [0.3, 0.4) is 0 Å². The van der Waals surface area contributed by atoms with E-state index in [9.17, 15) is 9.59 Å². The van der Waals surface area contributed by atoms with Gasteiger partial charge in [-0.1, -0.05) is 33.9 Å². The van der Waals surface area contributed by atoms with Crippen LogP contribution in [0.25, 0.3) is 0 Å². The lowest BCUT2D eigenvalue weighted by atomic mass is 10.2. The third-order valence-electron chi connectivity index (χ3n) is 1.72. The molecular formula is C14H24O4. The Kier molecular flexibility index (Phi) is 12.4. The first-order chi connectivity index (χ1) is 8.38. The molecule has 104 valence electrons. The highest BCUT2D eigenvalue weighted by Gasteiger charge is 2.06. The molecule has 0 saturated heterocycles. The molecule has 0 aliphatic heterocycles. The van der Waals surface area contributed by atoms with Gasteiger partial charge in [-0.15, -0.1) is 0 Å². The van der Waals surface area contributed by atoms with Crippen molar-refractivity contribution in [3.63, 3.8) is 0 Å². The maximum absolute atomic E-state index is 11.0. The summed E-state index contributed by atoms with van der Waals surface area (Å²) in [6.45, 7) is 15.3. The molecule has 0 atom stereocenters. The number of carbonyl (C=O) groups is 2. The molecule has 0 saturated carbocycles. The largest absolute Gasteiger partial charge is 0.463 e. The van der Waals surface area contributed by atoms with E-state index in [1.807, 2.05) is 20.8 Å². The fourth-order valence-electron chi connectivity index (χ4n) is 0.690. The van der Waals surface area contributed by atoms with Crippen molar-refractivity contribution in [3.8, 4) is 0 Å². The van der Waals surface area contributed by atoms with Gasteiger partial charge in [0.05, 0.1) is 13.2 Å². The monoisotopic (exact) mass is 256 g/mol. The molecule has 0 fully saturated rings. The van der Waals surface area contributed by atoms with Crippen LogP contribution in [0.5, 0.6) is 0 Å². The van der Waals surface area contributed by atoms with E-state index in [0.29, 0.717) is 31.1 Å². The van der Waals surface area contributed by atoms with E-state index in [4.69, 9.17) is 4.74 Å². The summed E-state index contributed by atoms with van der Waals surface area (Å²) in [5, 5.41) is 0. The van der Waals surface area contributed by atoms with Crippen molar-refractivity contribution in [3.05, 3.63) is 24.8 Å². The molecule has 18 heavy (non-hydrogen) atoms.